The second-order valence-electron chi connectivity index (χ2n) is 4.44. The van der Waals surface area contributed by atoms with E-state index in [2.05, 4.69) is 0 Å². The largest absolute Gasteiger partial charge is 0.478 e. The summed E-state index contributed by atoms with van der Waals surface area (Å²) in [5.41, 5.74) is -0.427. The Morgan fingerprint density at radius 2 is 1.90 bits per heavy atom. The number of hydrogen-bond acceptors (Lipinski definition) is 3. The first-order chi connectivity index (χ1) is 9.25. The lowest BCUT2D eigenvalue weighted by Crippen LogP contribution is -2.37. The molecule has 112 valence electrons. The Kier molecular flexibility index (Phi) is 5.24. The first-order valence-electron chi connectivity index (χ1n) is 6.26. The van der Waals surface area contributed by atoms with Gasteiger partial charge in [0.1, 0.15) is 5.82 Å². The molecule has 1 rings (SSSR count). The molecule has 0 aliphatic rings. The van der Waals surface area contributed by atoms with Gasteiger partial charge in [0.05, 0.1) is 10.5 Å². The van der Waals surface area contributed by atoms with Crippen LogP contribution in [-0.2, 0) is 10.0 Å². The van der Waals surface area contributed by atoms with E-state index in [1.807, 2.05) is 13.8 Å². The number of carbonyl (C=O) groups is 1. The Morgan fingerprint density at radius 1 is 1.35 bits per heavy atom. The maximum Gasteiger partial charge on any atom is 0.337 e. The van der Waals surface area contributed by atoms with E-state index in [0.717, 1.165) is 22.5 Å². The van der Waals surface area contributed by atoms with Crippen LogP contribution in [0.15, 0.2) is 23.1 Å². The second kappa shape index (κ2) is 6.32. The quantitative estimate of drug-likeness (QED) is 0.875. The summed E-state index contributed by atoms with van der Waals surface area (Å²) >= 11 is 0. The van der Waals surface area contributed by atoms with E-state index in [9.17, 15) is 17.6 Å². The summed E-state index contributed by atoms with van der Waals surface area (Å²) in [7, 11) is -2.67. The number of nitrogens with zero attached hydrogens (tertiary/aromatic N) is 1. The van der Waals surface area contributed by atoms with Gasteiger partial charge >= 0.3 is 5.97 Å². The minimum Gasteiger partial charge on any atom is -0.478 e. The zero-order valence-corrected chi connectivity index (χ0v) is 12.4. The van der Waals surface area contributed by atoms with Crippen molar-refractivity contribution in [3.05, 3.63) is 29.6 Å². The summed E-state index contributed by atoms with van der Waals surface area (Å²) < 4.78 is 39.3. The van der Waals surface area contributed by atoms with Gasteiger partial charge in [-0.15, -0.1) is 0 Å². The Labute approximate surface area is 118 Å². The highest BCUT2D eigenvalue weighted by molar-refractivity contribution is 7.89. The molecule has 0 saturated heterocycles. The lowest BCUT2D eigenvalue weighted by molar-refractivity contribution is 0.0692. The number of rotatable bonds is 6. The average molecular weight is 303 g/mol. The molecule has 0 heterocycles. The van der Waals surface area contributed by atoms with Crippen LogP contribution in [0.25, 0.3) is 0 Å². The molecule has 1 N–H and O–H groups in total. The molecule has 5 nitrogen and oxygen atoms in total. The summed E-state index contributed by atoms with van der Waals surface area (Å²) in [6.45, 7) is 3.67. The van der Waals surface area contributed by atoms with Crippen LogP contribution in [0.3, 0.4) is 0 Å². The van der Waals surface area contributed by atoms with Gasteiger partial charge < -0.3 is 5.11 Å². The van der Waals surface area contributed by atoms with Crippen LogP contribution in [-0.4, -0.2) is 36.9 Å². The van der Waals surface area contributed by atoms with Crippen molar-refractivity contribution in [1.29, 1.82) is 0 Å². The van der Waals surface area contributed by atoms with E-state index < -0.39 is 32.3 Å². The van der Waals surface area contributed by atoms with E-state index in [4.69, 9.17) is 5.11 Å². The van der Waals surface area contributed by atoms with Crippen LogP contribution in [0.5, 0.6) is 0 Å². The summed E-state index contributed by atoms with van der Waals surface area (Å²) in [6, 6.07) is 2.38. The molecule has 0 unspecified atom stereocenters. The third kappa shape index (κ3) is 3.16. The number of benzene rings is 1. The van der Waals surface area contributed by atoms with Gasteiger partial charge in [-0.05, 0) is 31.0 Å². The number of carboxylic acid groups (broad SMARTS) is 1. The summed E-state index contributed by atoms with van der Waals surface area (Å²) in [4.78, 5) is 10.6. The highest BCUT2D eigenvalue weighted by Gasteiger charge is 2.30. The monoisotopic (exact) mass is 303 g/mol. The van der Waals surface area contributed by atoms with Crippen LogP contribution in [0, 0.1) is 5.82 Å². The van der Waals surface area contributed by atoms with Crippen molar-refractivity contribution in [2.24, 2.45) is 0 Å². The minimum atomic E-state index is -4.05. The van der Waals surface area contributed by atoms with Crippen molar-refractivity contribution in [1.82, 2.24) is 4.31 Å². The van der Waals surface area contributed by atoms with Crippen molar-refractivity contribution in [2.75, 3.05) is 7.05 Å². The first-order valence-corrected chi connectivity index (χ1v) is 7.70. The lowest BCUT2D eigenvalue weighted by atomic mass is 10.2. The molecule has 1 aromatic carbocycles. The van der Waals surface area contributed by atoms with Gasteiger partial charge in [0.25, 0.3) is 0 Å². The molecular formula is C13H18FNO4S. The Hall–Kier alpha value is -1.47. The van der Waals surface area contributed by atoms with Gasteiger partial charge in [0.2, 0.25) is 10.0 Å². The van der Waals surface area contributed by atoms with Gasteiger partial charge in [0.15, 0.2) is 0 Å². The van der Waals surface area contributed by atoms with E-state index in [1.54, 1.807) is 0 Å². The molecule has 20 heavy (non-hydrogen) atoms. The van der Waals surface area contributed by atoms with E-state index in [-0.39, 0.29) is 6.04 Å². The van der Waals surface area contributed by atoms with Gasteiger partial charge in [-0.3, -0.25) is 0 Å². The third-order valence-corrected chi connectivity index (χ3v) is 5.24. The highest BCUT2D eigenvalue weighted by Crippen LogP contribution is 2.24. The Bertz CT molecular complexity index is 596. The zero-order chi connectivity index (χ0) is 15.5. The molecule has 0 aliphatic heterocycles. The smallest absolute Gasteiger partial charge is 0.337 e. The molecule has 0 aromatic heterocycles. The highest BCUT2D eigenvalue weighted by atomic mass is 32.2. The van der Waals surface area contributed by atoms with E-state index in [0.29, 0.717) is 12.8 Å². The van der Waals surface area contributed by atoms with Crippen molar-refractivity contribution >= 4 is 16.0 Å². The molecule has 0 bridgehead atoms. The Balaban J connectivity index is 3.42. The molecule has 0 atom stereocenters. The standard InChI is InChI=1S/C13H18FNO4S/c1-4-10(5-2)15(3)20(18,19)12-8-9(14)6-7-11(12)13(16)17/h6-8,10H,4-5H2,1-3H3,(H,16,17). The fourth-order valence-corrected chi connectivity index (χ4v) is 3.74. The molecule has 1 aromatic rings. The summed E-state index contributed by atoms with van der Waals surface area (Å²) in [5, 5.41) is 9.05. The van der Waals surface area contributed by atoms with Gasteiger partial charge in [-0.1, -0.05) is 13.8 Å². The molecule has 0 fully saturated rings. The average Bonchev–Trinajstić information content (AvgIpc) is 2.39. The van der Waals surface area contributed by atoms with Crippen LogP contribution < -0.4 is 0 Å². The van der Waals surface area contributed by atoms with Gasteiger partial charge in [-0.25, -0.2) is 17.6 Å². The molecule has 0 spiro atoms. The van der Waals surface area contributed by atoms with Crippen LogP contribution in [0.4, 0.5) is 4.39 Å². The number of sulfonamides is 1. The van der Waals surface area contributed by atoms with Crippen LogP contribution >= 0.6 is 0 Å². The molecule has 0 radical (unpaired) electrons. The maximum absolute atomic E-state index is 13.3. The minimum absolute atomic E-state index is 0.259. The van der Waals surface area contributed by atoms with Gasteiger partial charge in [-0.2, -0.15) is 4.31 Å². The summed E-state index contributed by atoms with van der Waals surface area (Å²) in [5.74, 6) is -2.19. The topological polar surface area (TPSA) is 74.7 Å². The Morgan fingerprint density at radius 3 is 2.35 bits per heavy atom. The predicted molar refractivity (Wildman–Crippen MR) is 72.7 cm³/mol. The zero-order valence-electron chi connectivity index (χ0n) is 11.6. The lowest BCUT2D eigenvalue weighted by Gasteiger charge is -2.26. The van der Waals surface area contributed by atoms with Crippen molar-refractivity contribution in [2.45, 2.75) is 37.6 Å². The van der Waals surface area contributed by atoms with E-state index in [1.165, 1.54) is 7.05 Å². The van der Waals surface area contributed by atoms with E-state index >= 15 is 0 Å². The molecular weight excluding hydrogens is 285 g/mol. The molecule has 0 aliphatic carbocycles. The summed E-state index contributed by atoms with van der Waals surface area (Å²) in [6.07, 6.45) is 1.17. The van der Waals surface area contributed by atoms with Crippen molar-refractivity contribution in [3.63, 3.8) is 0 Å². The number of hydrogen-bond donors (Lipinski definition) is 1. The predicted octanol–water partition coefficient (Wildman–Crippen LogP) is 2.33. The molecule has 0 amide bonds. The normalized spacial score (nSPS) is 12.1. The van der Waals surface area contributed by atoms with Crippen molar-refractivity contribution in [3.8, 4) is 0 Å². The van der Waals surface area contributed by atoms with Crippen LogP contribution in [0.2, 0.25) is 0 Å². The fraction of sp³-hybridized carbons (Fsp3) is 0.462. The second-order valence-corrected chi connectivity index (χ2v) is 6.40. The third-order valence-electron chi connectivity index (χ3n) is 3.29. The fourth-order valence-electron chi connectivity index (χ4n) is 2.04. The number of aromatic carboxylic acids is 1. The van der Waals surface area contributed by atoms with Crippen LogP contribution in [0.1, 0.15) is 37.0 Å². The molecule has 0 saturated carbocycles. The SMILES string of the molecule is CCC(CC)N(C)S(=O)(=O)c1cc(F)ccc1C(=O)O. The maximum atomic E-state index is 13.3. The number of halogens is 1. The van der Waals surface area contributed by atoms with Crippen molar-refractivity contribution < 1.29 is 22.7 Å². The molecule has 7 heteroatoms. The van der Waals surface area contributed by atoms with Gasteiger partial charge in [0, 0.05) is 13.1 Å². The first kappa shape index (κ1) is 16.6. The number of carboxylic acids is 1.